The van der Waals surface area contributed by atoms with Crippen LogP contribution >= 0.6 is 0 Å². The summed E-state index contributed by atoms with van der Waals surface area (Å²) in [6.45, 7) is 4.24. The van der Waals surface area contributed by atoms with Crippen LogP contribution in [0.5, 0.6) is 0 Å². The van der Waals surface area contributed by atoms with Gasteiger partial charge >= 0.3 is 0 Å². The minimum absolute atomic E-state index is 0.00168. The fourth-order valence-corrected chi connectivity index (χ4v) is 1.82. The van der Waals surface area contributed by atoms with Crippen LogP contribution in [0.25, 0.3) is 0 Å². The number of carbonyl (C=O) groups is 1. The zero-order chi connectivity index (χ0) is 10.2. The summed E-state index contributed by atoms with van der Waals surface area (Å²) < 4.78 is 0. The summed E-state index contributed by atoms with van der Waals surface area (Å²) in [4.78, 5) is 10.8. The summed E-state index contributed by atoms with van der Waals surface area (Å²) in [7, 11) is 0. The molecule has 0 aliphatic heterocycles. The van der Waals surface area contributed by atoms with E-state index in [1.54, 1.807) is 0 Å². The second-order valence-electron chi connectivity index (χ2n) is 4.58. The standard InChI is InChI=1S/C13H16O/c1-10-3-4-12(7-11(10)2)8-13(9-14)5-6-13/h3-4,7,9H,5-6,8H2,1-2H3. The maximum Gasteiger partial charge on any atom is 0.126 e. The molecule has 1 aromatic rings. The van der Waals surface area contributed by atoms with Crippen LogP contribution in [0.3, 0.4) is 0 Å². The number of aldehydes is 1. The van der Waals surface area contributed by atoms with Crippen molar-refractivity contribution in [3.8, 4) is 0 Å². The molecule has 0 amide bonds. The van der Waals surface area contributed by atoms with Gasteiger partial charge in [-0.1, -0.05) is 18.2 Å². The van der Waals surface area contributed by atoms with E-state index in [9.17, 15) is 4.79 Å². The summed E-state index contributed by atoms with van der Waals surface area (Å²) in [5.41, 5.74) is 3.95. The highest BCUT2D eigenvalue weighted by molar-refractivity contribution is 5.64. The third kappa shape index (κ3) is 1.72. The maximum absolute atomic E-state index is 10.8. The molecule has 1 nitrogen and oxygen atoms in total. The second kappa shape index (κ2) is 3.23. The van der Waals surface area contributed by atoms with E-state index in [0.717, 1.165) is 25.5 Å². The van der Waals surface area contributed by atoms with Gasteiger partial charge in [-0.15, -0.1) is 0 Å². The molecule has 1 fully saturated rings. The summed E-state index contributed by atoms with van der Waals surface area (Å²) in [5.74, 6) is 0. The smallest absolute Gasteiger partial charge is 0.126 e. The molecule has 0 heterocycles. The van der Waals surface area contributed by atoms with Gasteiger partial charge in [0, 0.05) is 5.41 Å². The van der Waals surface area contributed by atoms with Crippen molar-refractivity contribution in [3.63, 3.8) is 0 Å². The molecule has 1 heteroatoms. The number of benzene rings is 1. The minimum Gasteiger partial charge on any atom is -0.303 e. The van der Waals surface area contributed by atoms with Gasteiger partial charge in [0.25, 0.3) is 0 Å². The van der Waals surface area contributed by atoms with E-state index in [1.165, 1.54) is 16.7 Å². The molecule has 0 N–H and O–H groups in total. The molecule has 1 aliphatic carbocycles. The number of carbonyl (C=O) groups excluding carboxylic acids is 1. The Kier molecular flexibility index (Phi) is 2.18. The Hall–Kier alpha value is -1.11. The van der Waals surface area contributed by atoms with Gasteiger partial charge in [0.1, 0.15) is 6.29 Å². The summed E-state index contributed by atoms with van der Waals surface area (Å²) >= 11 is 0. The SMILES string of the molecule is Cc1ccc(CC2(C=O)CC2)cc1C. The van der Waals surface area contributed by atoms with E-state index >= 15 is 0 Å². The first-order valence-corrected chi connectivity index (χ1v) is 5.18. The molecule has 0 radical (unpaired) electrons. The van der Waals surface area contributed by atoms with Crippen LogP contribution in [0, 0.1) is 19.3 Å². The van der Waals surface area contributed by atoms with Crippen LogP contribution in [0.1, 0.15) is 29.5 Å². The third-order valence-corrected chi connectivity index (χ3v) is 3.27. The Morgan fingerprint density at radius 1 is 1.29 bits per heavy atom. The summed E-state index contributed by atoms with van der Waals surface area (Å²) in [5, 5.41) is 0. The quantitative estimate of drug-likeness (QED) is 0.667. The largest absolute Gasteiger partial charge is 0.303 e. The number of hydrogen-bond acceptors (Lipinski definition) is 1. The van der Waals surface area contributed by atoms with Gasteiger partial charge in [-0.3, -0.25) is 0 Å². The van der Waals surface area contributed by atoms with Crippen molar-refractivity contribution in [2.75, 3.05) is 0 Å². The third-order valence-electron chi connectivity index (χ3n) is 3.27. The van der Waals surface area contributed by atoms with E-state index in [0.29, 0.717) is 0 Å². The minimum atomic E-state index is 0.00168. The van der Waals surface area contributed by atoms with Gasteiger partial charge in [0.15, 0.2) is 0 Å². The molecule has 0 bridgehead atoms. The molecule has 0 atom stereocenters. The molecule has 0 spiro atoms. The first-order valence-electron chi connectivity index (χ1n) is 5.18. The first-order chi connectivity index (χ1) is 6.65. The molecule has 1 aromatic carbocycles. The maximum atomic E-state index is 10.8. The second-order valence-corrected chi connectivity index (χ2v) is 4.58. The van der Waals surface area contributed by atoms with Crippen LogP contribution in [0.2, 0.25) is 0 Å². The van der Waals surface area contributed by atoms with Crippen molar-refractivity contribution in [2.24, 2.45) is 5.41 Å². The van der Waals surface area contributed by atoms with E-state index in [4.69, 9.17) is 0 Å². The van der Waals surface area contributed by atoms with Gasteiger partial charge in [-0.25, -0.2) is 0 Å². The molecular formula is C13H16O. The van der Waals surface area contributed by atoms with Gasteiger partial charge < -0.3 is 4.79 Å². The molecule has 0 aromatic heterocycles. The topological polar surface area (TPSA) is 17.1 Å². The zero-order valence-corrected chi connectivity index (χ0v) is 8.84. The highest BCUT2D eigenvalue weighted by atomic mass is 16.1. The van der Waals surface area contributed by atoms with Crippen molar-refractivity contribution in [1.29, 1.82) is 0 Å². The average Bonchev–Trinajstić information content (AvgIpc) is 2.93. The van der Waals surface area contributed by atoms with Crippen molar-refractivity contribution >= 4 is 6.29 Å². The molecule has 14 heavy (non-hydrogen) atoms. The van der Waals surface area contributed by atoms with Crippen LogP contribution in [-0.2, 0) is 11.2 Å². The van der Waals surface area contributed by atoms with Gasteiger partial charge in [-0.2, -0.15) is 0 Å². The molecule has 0 unspecified atom stereocenters. The number of aryl methyl sites for hydroxylation is 2. The van der Waals surface area contributed by atoms with E-state index in [1.807, 2.05) is 0 Å². The summed E-state index contributed by atoms with van der Waals surface area (Å²) in [6.07, 6.45) is 4.21. The molecular weight excluding hydrogens is 172 g/mol. The average molecular weight is 188 g/mol. The van der Waals surface area contributed by atoms with Gasteiger partial charge in [0.2, 0.25) is 0 Å². The Labute approximate surface area is 85.1 Å². The van der Waals surface area contributed by atoms with E-state index in [-0.39, 0.29) is 5.41 Å². The molecule has 1 saturated carbocycles. The molecule has 2 rings (SSSR count). The Bertz CT molecular complexity index is 361. The van der Waals surface area contributed by atoms with E-state index in [2.05, 4.69) is 32.0 Å². The fourth-order valence-electron chi connectivity index (χ4n) is 1.82. The van der Waals surface area contributed by atoms with Crippen LogP contribution in [-0.4, -0.2) is 6.29 Å². The lowest BCUT2D eigenvalue weighted by molar-refractivity contribution is -0.112. The van der Waals surface area contributed by atoms with Crippen LogP contribution in [0.4, 0.5) is 0 Å². The number of hydrogen-bond donors (Lipinski definition) is 0. The highest BCUT2D eigenvalue weighted by Crippen LogP contribution is 2.46. The van der Waals surface area contributed by atoms with E-state index < -0.39 is 0 Å². The summed E-state index contributed by atoms with van der Waals surface area (Å²) in [6, 6.07) is 6.50. The van der Waals surface area contributed by atoms with Crippen molar-refractivity contribution in [1.82, 2.24) is 0 Å². The first kappa shape index (κ1) is 9.45. The Morgan fingerprint density at radius 2 is 2.00 bits per heavy atom. The molecule has 74 valence electrons. The van der Waals surface area contributed by atoms with Crippen LogP contribution < -0.4 is 0 Å². The Morgan fingerprint density at radius 3 is 2.50 bits per heavy atom. The monoisotopic (exact) mass is 188 g/mol. The van der Waals surface area contributed by atoms with Crippen molar-refractivity contribution in [3.05, 3.63) is 34.9 Å². The van der Waals surface area contributed by atoms with Crippen molar-refractivity contribution < 1.29 is 4.79 Å². The number of rotatable bonds is 3. The lowest BCUT2D eigenvalue weighted by Gasteiger charge is -2.08. The van der Waals surface area contributed by atoms with Crippen LogP contribution in [0.15, 0.2) is 18.2 Å². The zero-order valence-electron chi connectivity index (χ0n) is 8.84. The molecule has 0 saturated heterocycles. The Balaban J connectivity index is 2.17. The van der Waals surface area contributed by atoms with Gasteiger partial charge in [-0.05, 0) is 49.8 Å². The highest BCUT2D eigenvalue weighted by Gasteiger charge is 2.42. The lowest BCUT2D eigenvalue weighted by atomic mass is 9.95. The predicted octanol–water partition coefficient (Wildman–Crippen LogP) is 2.83. The normalized spacial score (nSPS) is 17.9. The van der Waals surface area contributed by atoms with Gasteiger partial charge in [0.05, 0.1) is 0 Å². The predicted molar refractivity (Wildman–Crippen MR) is 57.4 cm³/mol. The fraction of sp³-hybridized carbons (Fsp3) is 0.462. The van der Waals surface area contributed by atoms with Crippen molar-refractivity contribution in [2.45, 2.75) is 33.1 Å². The lowest BCUT2D eigenvalue weighted by Crippen LogP contribution is -2.06. The molecule has 1 aliphatic rings.